The van der Waals surface area contributed by atoms with Crippen LogP contribution in [0.2, 0.25) is 0 Å². The number of alkyl carbamates (subject to hydrolysis) is 1. The number of esters is 4. The van der Waals surface area contributed by atoms with Crippen LogP contribution in [0.1, 0.15) is 58.6 Å². The molecule has 14 heteroatoms. The van der Waals surface area contributed by atoms with Crippen molar-refractivity contribution in [1.29, 1.82) is 0 Å². The molecule has 0 radical (unpaired) electrons. The van der Waals surface area contributed by atoms with Gasteiger partial charge in [-0.15, -0.1) is 0 Å². The van der Waals surface area contributed by atoms with Gasteiger partial charge in [0.15, 0.2) is 12.2 Å². The molecule has 2 amide bonds. The van der Waals surface area contributed by atoms with Gasteiger partial charge < -0.3 is 39.1 Å². The van der Waals surface area contributed by atoms with Crippen molar-refractivity contribution in [1.82, 2.24) is 10.6 Å². The van der Waals surface area contributed by atoms with Crippen molar-refractivity contribution >= 4 is 35.9 Å². The lowest BCUT2D eigenvalue weighted by atomic mass is 9.95. The molecular formula is C34H40N2O12. The summed E-state index contributed by atoms with van der Waals surface area (Å²) in [6, 6.07) is 13.1. The summed E-state index contributed by atoms with van der Waals surface area (Å²) < 4.78 is 32.7. The molecule has 0 saturated carbocycles. The van der Waals surface area contributed by atoms with Gasteiger partial charge >= 0.3 is 30.0 Å². The third-order valence-electron chi connectivity index (χ3n) is 7.86. The molecule has 0 unspecified atom stereocenters. The van der Waals surface area contributed by atoms with Gasteiger partial charge in [0.05, 0.1) is 0 Å². The molecular weight excluding hydrogens is 628 g/mol. The average molecular weight is 669 g/mol. The number of amides is 2. The Hall–Kier alpha value is -4.98. The van der Waals surface area contributed by atoms with Gasteiger partial charge in [-0.25, -0.2) is 4.79 Å². The summed E-state index contributed by atoms with van der Waals surface area (Å²) in [6.07, 6.45) is -6.53. The van der Waals surface area contributed by atoms with Crippen LogP contribution in [0.3, 0.4) is 0 Å². The van der Waals surface area contributed by atoms with E-state index in [9.17, 15) is 28.8 Å². The topological polar surface area (TPSA) is 182 Å². The number of carbonyl (C=O) groups excluding carboxylic acids is 6. The highest BCUT2D eigenvalue weighted by atomic mass is 16.7. The minimum atomic E-state index is -1.58. The van der Waals surface area contributed by atoms with Crippen LogP contribution in [0, 0.1) is 5.92 Å². The lowest BCUT2D eigenvalue weighted by Gasteiger charge is -2.44. The van der Waals surface area contributed by atoms with E-state index in [4.69, 9.17) is 28.4 Å². The Labute approximate surface area is 277 Å². The molecule has 2 aromatic rings. The van der Waals surface area contributed by atoms with Gasteiger partial charge in [-0.2, -0.15) is 0 Å². The second-order valence-corrected chi connectivity index (χ2v) is 11.8. The third kappa shape index (κ3) is 8.68. The van der Waals surface area contributed by atoms with Crippen molar-refractivity contribution in [2.45, 2.75) is 84.1 Å². The van der Waals surface area contributed by atoms with E-state index in [1.807, 2.05) is 48.5 Å². The Balaban J connectivity index is 1.53. The molecule has 1 aliphatic carbocycles. The van der Waals surface area contributed by atoms with Crippen LogP contribution in [0.15, 0.2) is 48.5 Å². The van der Waals surface area contributed by atoms with Gasteiger partial charge in [-0.3, -0.25) is 24.0 Å². The van der Waals surface area contributed by atoms with Crippen molar-refractivity contribution in [2.75, 3.05) is 13.2 Å². The SMILES string of the molecule is CC(=O)OC[C@H]1O[C@@H](OC(C)=O)[C@H](NC(=O)[C@H](NC(=O)OCC2c3ccccc3-c3ccccc32)C(C)C)[C@@H](OC(C)=O)[C@@H]1OC(C)=O. The van der Waals surface area contributed by atoms with Crippen molar-refractivity contribution in [3.05, 3.63) is 59.7 Å². The van der Waals surface area contributed by atoms with Crippen molar-refractivity contribution in [3.63, 3.8) is 0 Å². The second kappa shape index (κ2) is 15.7. The Morgan fingerprint density at radius 1 is 0.708 bits per heavy atom. The van der Waals surface area contributed by atoms with E-state index in [0.717, 1.165) is 49.9 Å². The predicted octanol–water partition coefficient (Wildman–Crippen LogP) is 2.75. The first-order valence-electron chi connectivity index (χ1n) is 15.5. The number of benzene rings is 2. The van der Waals surface area contributed by atoms with Gasteiger partial charge in [0.2, 0.25) is 12.2 Å². The van der Waals surface area contributed by atoms with Gasteiger partial charge in [-0.1, -0.05) is 62.4 Å². The van der Waals surface area contributed by atoms with E-state index in [0.29, 0.717) is 0 Å². The molecule has 1 heterocycles. The molecule has 258 valence electrons. The van der Waals surface area contributed by atoms with Crippen LogP contribution in [-0.4, -0.2) is 85.8 Å². The molecule has 0 bridgehead atoms. The van der Waals surface area contributed by atoms with E-state index < -0.39 is 85.1 Å². The molecule has 0 aromatic heterocycles. The first-order chi connectivity index (χ1) is 22.8. The number of ether oxygens (including phenoxy) is 6. The highest BCUT2D eigenvalue weighted by Crippen LogP contribution is 2.44. The van der Waals surface area contributed by atoms with Crippen LogP contribution < -0.4 is 10.6 Å². The molecule has 1 fully saturated rings. The van der Waals surface area contributed by atoms with Gasteiger partial charge in [0.25, 0.3) is 0 Å². The maximum Gasteiger partial charge on any atom is 0.407 e. The summed E-state index contributed by atoms with van der Waals surface area (Å²) in [5.41, 5.74) is 4.15. The monoisotopic (exact) mass is 668 g/mol. The molecule has 4 rings (SSSR count). The highest BCUT2D eigenvalue weighted by molar-refractivity contribution is 5.86. The first-order valence-corrected chi connectivity index (χ1v) is 15.5. The normalized spacial score (nSPS) is 21.9. The first kappa shape index (κ1) is 35.9. The summed E-state index contributed by atoms with van der Waals surface area (Å²) in [7, 11) is 0. The van der Waals surface area contributed by atoms with Gasteiger partial charge in [0.1, 0.15) is 31.4 Å². The smallest absolute Gasteiger partial charge is 0.407 e. The zero-order valence-electron chi connectivity index (χ0n) is 27.6. The van der Waals surface area contributed by atoms with Crippen LogP contribution in [0.4, 0.5) is 4.79 Å². The Bertz CT molecular complexity index is 1500. The maximum absolute atomic E-state index is 13.8. The third-order valence-corrected chi connectivity index (χ3v) is 7.86. The zero-order chi connectivity index (χ0) is 35.1. The number of fused-ring (bicyclic) bond motifs is 3. The molecule has 48 heavy (non-hydrogen) atoms. The van der Waals surface area contributed by atoms with Crippen LogP contribution >= 0.6 is 0 Å². The molecule has 1 aliphatic heterocycles. The molecule has 2 N–H and O–H groups in total. The number of hydrogen-bond acceptors (Lipinski definition) is 12. The van der Waals surface area contributed by atoms with Gasteiger partial charge in [0, 0.05) is 33.6 Å². The summed E-state index contributed by atoms with van der Waals surface area (Å²) in [6.45, 7) is 7.38. The second-order valence-electron chi connectivity index (χ2n) is 11.8. The van der Waals surface area contributed by atoms with Crippen molar-refractivity contribution in [3.8, 4) is 11.1 Å². The minimum absolute atomic E-state index is 0.0135. The lowest BCUT2D eigenvalue weighted by molar-refractivity contribution is -0.271. The lowest BCUT2D eigenvalue weighted by Crippen LogP contribution is -2.68. The summed E-state index contributed by atoms with van der Waals surface area (Å²) >= 11 is 0. The average Bonchev–Trinajstić information content (AvgIpc) is 3.33. The Kier molecular flexibility index (Phi) is 11.8. The van der Waals surface area contributed by atoms with Crippen LogP contribution in [0.25, 0.3) is 11.1 Å². The Morgan fingerprint density at radius 2 is 1.25 bits per heavy atom. The van der Waals surface area contributed by atoms with Crippen LogP contribution in [0.5, 0.6) is 0 Å². The largest absolute Gasteiger partial charge is 0.463 e. The van der Waals surface area contributed by atoms with E-state index in [2.05, 4.69) is 10.6 Å². The summed E-state index contributed by atoms with van der Waals surface area (Å²) in [4.78, 5) is 74.8. The predicted molar refractivity (Wildman–Crippen MR) is 167 cm³/mol. The minimum Gasteiger partial charge on any atom is -0.463 e. The molecule has 2 aliphatic rings. The number of carbonyl (C=O) groups is 6. The molecule has 1 saturated heterocycles. The molecule has 6 atom stereocenters. The molecule has 2 aromatic carbocycles. The van der Waals surface area contributed by atoms with E-state index in [1.165, 1.54) is 0 Å². The highest BCUT2D eigenvalue weighted by Gasteiger charge is 2.53. The van der Waals surface area contributed by atoms with E-state index >= 15 is 0 Å². The number of nitrogens with one attached hydrogen (secondary N) is 2. The number of hydrogen-bond donors (Lipinski definition) is 2. The molecule has 14 nitrogen and oxygen atoms in total. The van der Waals surface area contributed by atoms with Gasteiger partial charge in [-0.05, 0) is 28.2 Å². The summed E-state index contributed by atoms with van der Waals surface area (Å²) in [5.74, 6) is -4.54. The standard InChI is InChI=1S/C34H40N2O12/c1-17(2)28(36-34(42)44-15-26-24-13-9-7-11-22(24)23-12-8-10-14-25(23)26)32(41)35-29-31(46-20(5)39)30(45-19(4)38)27(16-43-18(3)37)48-33(29)47-21(6)40/h7-14,17,26-31,33H,15-16H2,1-6H3,(H,35,41)(H,36,42)/t27-,28-,29-,30-,31-,33-/m1/s1. The molecule has 0 spiro atoms. The fraction of sp³-hybridized carbons (Fsp3) is 0.471. The van der Waals surface area contributed by atoms with E-state index in [-0.39, 0.29) is 12.5 Å². The quantitative estimate of drug-likeness (QED) is 0.264. The van der Waals surface area contributed by atoms with E-state index in [1.54, 1.807) is 13.8 Å². The zero-order valence-corrected chi connectivity index (χ0v) is 27.6. The fourth-order valence-corrected chi connectivity index (χ4v) is 5.88. The Morgan fingerprint density at radius 3 is 1.77 bits per heavy atom. The maximum atomic E-state index is 13.8. The van der Waals surface area contributed by atoms with Crippen molar-refractivity contribution in [2.24, 2.45) is 5.92 Å². The fourth-order valence-electron chi connectivity index (χ4n) is 5.88. The summed E-state index contributed by atoms with van der Waals surface area (Å²) in [5, 5.41) is 5.24. The number of rotatable bonds is 11. The van der Waals surface area contributed by atoms with Crippen molar-refractivity contribution < 1.29 is 57.2 Å². The van der Waals surface area contributed by atoms with Crippen LogP contribution in [-0.2, 0) is 52.4 Å².